The van der Waals surface area contributed by atoms with Crippen molar-refractivity contribution in [2.45, 2.75) is 4.21 Å². The fraction of sp³-hybridized carbons (Fsp3) is 0.444. The van der Waals surface area contributed by atoms with E-state index in [1.807, 2.05) is 11.0 Å². The first kappa shape index (κ1) is 21.3. The third-order valence-electron chi connectivity index (χ3n) is 5.25. The number of morpholine rings is 1. The number of nitro groups is 1. The van der Waals surface area contributed by atoms with Crippen molar-refractivity contribution >= 4 is 50.0 Å². The minimum atomic E-state index is -3.56. The van der Waals surface area contributed by atoms with E-state index in [2.05, 4.69) is 4.90 Å². The van der Waals surface area contributed by atoms with Crippen LogP contribution in [0.1, 0.15) is 0 Å². The molecule has 2 aliphatic rings. The molecule has 1 aromatic carbocycles. The highest BCUT2D eigenvalue weighted by Crippen LogP contribution is 2.34. The summed E-state index contributed by atoms with van der Waals surface area (Å²) in [6.45, 7) is 3.93. The molecule has 162 valence electrons. The summed E-state index contributed by atoms with van der Waals surface area (Å²) in [4.78, 5) is 15.1. The van der Waals surface area contributed by atoms with Gasteiger partial charge in [0.1, 0.15) is 9.90 Å². The van der Waals surface area contributed by atoms with E-state index in [0.29, 0.717) is 62.5 Å². The van der Waals surface area contributed by atoms with Crippen LogP contribution in [0.15, 0.2) is 34.5 Å². The average molecular weight is 473 g/mol. The van der Waals surface area contributed by atoms with Gasteiger partial charge in [-0.2, -0.15) is 4.31 Å². The number of halogens is 1. The fourth-order valence-electron chi connectivity index (χ4n) is 3.67. The summed E-state index contributed by atoms with van der Waals surface area (Å²) in [5, 5.41) is 11.5. The summed E-state index contributed by atoms with van der Waals surface area (Å²) in [5.41, 5.74) is 1.49. The third-order valence-corrected chi connectivity index (χ3v) is 8.85. The van der Waals surface area contributed by atoms with Crippen molar-refractivity contribution in [1.29, 1.82) is 0 Å². The molecule has 0 spiro atoms. The molecule has 0 bridgehead atoms. The van der Waals surface area contributed by atoms with Gasteiger partial charge in [0.15, 0.2) is 0 Å². The Kier molecular flexibility index (Phi) is 6.16. The topological polar surface area (TPSA) is 96.2 Å². The maximum absolute atomic E-state index is 12.8. The Hall–Kier alpha value is -1.92. The van der Waals surface area contributed by atoms with E-state index in [9.17, 15) is 18.5 Å². The van der Waals surface area contributed by atoms with Gasteiger partial charge in [-0.1, -0.05) is 11.6 Å². The minimum absolute atomic E-state index is 0.0661. The molecule has 0 atom stereocenters. The Morgan fingerprint density at radius 3 is 2.30 bits per heavy atom. The lowest BCUT2D eigenvalue weighted by molar-refractivity contribution is -0.384. The van der Waals surface area contributed by atoms with Gasteiger partial charge in [0.05, 0.1) is 22.5 Å². The Labute approximate surface area is 183 Å². The standard InChI is InChI=1S/C18H21ClN4O5S2/c19-17-3-4-18(29-17)30(26,27)22-7-5-20(6-8-22)14-1-2-15(23(24)25)16(13-14)21-9-11-28-12-10-21/h1-4,13H,5-12H2. The number of anilines is 2. The van der Waals surface area contributed by atoms with Gasteiger partial charge >= 0.3 is 0 Å². The molecule has 3 heterocycles. The van der Waals surface area contributed by atoms with Crippen LogP contribution < -0.4 is 9.80 Å². The minimum Gasteiger partial charge on any atom is -0.378 e. The molecule has 9 nitrogen and oxygen atoms in total. The van der Waals surface area contributed by atoms with E-state index < -0.39 is 10.0 Å². The van der Waals surface area contributed by atoms with Crippen LogP contribution in [0.5, 0.6) is 0 Å². The van der Waals surface area contributed by atoms with Crippen molar-refractivity contribution in [3.63, 3.8) is 0 Å². The molecular weight excluding hydrogens is 452 g/mol. The normalized spacial score (nSPS) is 18.6. The van der Waals surface area contributed by atoms with Crippen LogP contribution >= 0.6 is 22.9 Å². The first-order valence-electron chi connectivity index (χ1n) is 9.48. The van der Waals surface area contributed by atoms with E-state index in [1.54, 1.807) is 12.1 Å². The molecule has 0 unspecified atom stereocenters. The number of thiophene rings is 1. The van der Waals surface area contributed by atoms with E-state index in [4.69, 9.17) is 16.3 Å². The Bertz CT molecular complexity index is 1030. The second kappa shape index (κ2) is 8.67. The number of ether oxygens (including phenoxy) is 1. The number of sulfonamides is 1. The number of rotatable bonds is 5. The van der Waals surface area contributed by atoms with Gasteiger partial charge in [-0.25, -0.2) is 8.42 Å². The molecule has 1 aromatic heterocycles. The molecule has 0 aliphatic carbocycles. The van der Waals surface area contributed by atoms with E-state index in [0.717, 1.165) is 17.0 Å². The van der Waals surface area contributed by atoms with Gasteiger partial charge in [-0.3, -0.25) is 10.1 Å². The van der Waals surface area contributed by atoms with Crippen molar-refractivity contribution in [1.82, 2.24) is 4.31 Å². The van der Waals surface area contributed by atoms with Crippen molar-refractivity contribution in [3.8, 4) is 0 Å². The molecule has 0 saturated carbocycles. The second-order valence-corrected chi connectivity index (χ2v) is 10.9. The zero-order chi connectivity index (χ0) is 21.3. The van der Waals surface area contributed by atoms with E-state index in [-0.39, 0.29) is 14.8 Å². The zero-order valence-corrected chi connectivity index (χ0v) is 18.5. The van der Waals surface area contributed by atoms with Crippen LogP contribution in [0.2, 0.25) is 4.34 Å². The second-order valence-electron chi connectivity index (χ2n) is 6.98. The molecule has 30 heavy (non-hydrogen) atoms. The summed E-state index contributed by atoms with van der Waals surface area (Å²) in [6.07, 6.45) is 0. The van der Waals surface area contributed by atoms with Crippen LogP contribution in [-0.4, -0.2) is 70.1 Å². The molecular formula is C18H21ClN4O5S2. The summed E-state index contributed by atoms with van der Waals surface area (Å²) in [5.74, 6) is 0. The summed E-state index contributed by atoms with van der Waals surface area (Å²) >= 11 is 6.94. The largest absolute Gasteiger partial charge is 0.378 e. The molecule has 2 aliphatic heterocycles. The molecule has 0 radical (unpaired) electrons. The lowest BCUT2D eigenvalue weighted by Gasteiger charge is -2.36. The van der Waals surface area contributed by atoms with Gasteiger partial charge in [0, 0.05) is 51.0 Å². The van der Waals surface area contributed by atoms with Gasteiger partial charge in [-0.15, -0.1) is 11.3 Å². The Morgan fingerprint density at radius 1 is 1.00 bits per heavy atom. The van der Waals surface area contributed by atoms with Crippen molar-refractivity contribution in [2.75, 3.05) is 62.3 Å². The number of nitrogens with zero attached hydrogens (tertiary/aromatic N) is 4. The van der Waals surface area contributed by atoms with Crippen LogP contribution in [0.25, 0.3) is 0 Å². The molecule has 0 amide bonds. The highest BCUT2D eigenvalue weighted by atomic mass is 35.5. The molecule has 2 aromatic rings. The number of nitro benzene ring substituents is 1. The SMILES string of the molecule is O=[N+]([O-])c1ccc(N2CCN(S(=O)(=O)c3ccc(Cl)s3)CC2)cc1N1CCOCC1. The summed E-state index contributed by atoms with van der Waals surface area (Å²) in [6, 6.07) is 8.19. The highest BCUT2D eigenvalue weighted by Gasteiger charge is 2.30. The maximum atomic E-state index is 12.8. The number of hydrogen-bond acceptors (Lipinski definition) is 8. The van der Waals surface area contributed by atoms with Gasteiger partial charge in [0.2, 0.25) is 0 Å². The van der Waals surface area contributed by atoms with E-state index >= 15 is 0 Å². The quantitative estimate of drug-likeness (QED) is 0.487. The van der Waals surface area contributed by atoms with Gasteiger partial charge < -0.3 is 14.5 Å². The number of hydrogen-bond donors (Lipinski definition) is 0. The van der Waals surface area contributed by atoms with Crippen LogP contribution in [0.4, 0.5) is 17.1 Å². The molecule has 0 N–H and O–H groups in total. The Morgan fingerprint density at radius 2 is 1.70 bits per heavy atom. The van der Waals surface area contributed by atoms with Crippen molar-refractivity contribution in [2.24, 2.45) is 0 Å². The first-order valence-corrected chi connectivity index (χ1v) is 12.1. The molecule has 2 fully saturated rings. The fourth-order valence-corrected chi connectivity index (χ4v) is 6.73. The summed E-state index contributed by atoms with van der Waals surface area (Å²) < 4.78 is 33.1. The third kappa shape index (κ3) is 4.26. The number of piperazine rings is 1. The average Bonchev–Trinajstić information content (AvgIpc) is 3.21. The van der Waals surface area contributed by atoms with E-state index in [1.165, 1.54) is 16.4 Å². The summed E-state index contributed by atoms with van der Waals surface area (Å²) in [7, 11) is -3.56. The van der Waals surface area contributed by atoms with Crippen molar-refractivity contribution in [3.05, 3.63) is 44.8 Å². The van der Waals surface area contributed by atoms with Crippen LogP contribution in [0, 0.1) is 10.1 Å². The first-order chi connectivity index (χ1) is 14.4. The number of benzene rings is 1. The zero-order valence-electron chi connectivity index (χ0n) is 16.1. The predicted octanol–water partition coefficient (Wildman–Crippen LogP) is 2.66. The molecule has 2 saturated heterocycles. The molecule has 4 rings (SSSR count). The van der Waals surface area contributed by atoms with Gasteiger partial charge in [-0.05, 0) is 24.3 Å². The Balaban J connectivity index is 1.51. The smallest absolute Gasteiger partial charge is 0.292 e. The lowest BCUT2D eigenvalue weighted by Crippen LogP contribution is -2.48. The highest BCUT2D eigenvalue weighted by molar-refractivity contribution is 7.91. The van der Waals surface area contributed by atoms with Crippen molar-refractivity contribution < 1.29 is 18.1 Å². The maximum Gasteiger partial charge on any atom is 0.292 e. The van der Waals surface area contributed by atoms with Gasteiger partial charge in [0.25, 0.3) is 15.7 Å². The van der Waals surface area contributed by atoms with Crippen LogP contribution in [-0.2, 0) is 14.8 Å². The molecule has 12 heteroatoms. The van der Waals surface area contributed by atoms with Crippen LogP contribution in [0.3, 0.4) is 0 Å². The monoisotopic (exact) mass is 472 g/mol. The lowest BCUT2D eigenvalue weighted by atomic mass is 10.2. The predicted molar refractivity (Wildman–Crippen MR) is 116 cm³/mol.